The topological polar surface area (TPSA) is 76.9 Å². The predicted molar refractivity (Wildman–Crippen MR) is 100 cm³/mol. The maximum absolute atomic E-state index is 10.6. The fourth-order valence-electron chi connectivity index (χ4n) is 4.20. The number of aliphatic hydroxyl groups is 1. The molecule has 0 radical (unpaired) electrons. The highest BCUT2D eigenvalue weighted by Crippen LogP contribution is 2.40. The molecule has 2 heterocycles. The van der Waals surface area contributed by atoms with E-state index in [1.807, 2.05) is 30.3 Å². The minimum atomic E-state index is -0.490. The molecule has 2 fully saturated rings. The molecule has 1 aromatic heterocycles. The third-order valence-electron chi connectivity index (χ3n) is 5.59. The minimum absolute atomic E-state index is 0.234. The lowest BCUT2D eigenvalue weighted by molar-refractivity contribution is -0.0240. The highest BCUT2D eigenvalue weighted by molar-refractivity contribution is 5.43. The molecule has 4 atom stereocenters. The lowest BCUT2D eigenvalue weighted by Crippen LogP contribution is -2.42. The van der Waals surface area contributed by atoms with E-state index in [-0.39, 0.29) is 6.10 Å². The maximum atomic E-state index is 10.6. The monoisotopic (exact) mass is 371 g/mol. The van der Waals surface area contributed by atoms with Crippen LogP contribution in [0.3, 0.4) is 0 Å². The first-order chi connectivity index (χ1) is 13.2. The number of hydrogen-bond acceptors (Lipinski definition) is 7. The van der Waals surface area contributed by atoms with Gasteiger partial charge >= 0.3 is 0 Å². The Morgan fingerprint density at radius 3 is 2.48 bits per heavy atom. The van der Waals surface area contributed by atoms with Crippen molar-refractivity contribution in [3.8, 4) is 17.4 Å². The van der Waals surface area contributed by atoms with E-state index in [0.717, 1.165) is 31.7 Å². The second-order valence-corrected chi connectivity index (χ2v) is 7.19. The molecule has 4 rings (SSSR count). The van der Waals surface area contributed by atoms with Gasteiger partial charge in [0, 0.05) is 19.2 Å². The van der Waals surface area contributed by atoms with E-state index >= 15 is 0 Å². The average molecular weight is 371 g/mol. The summed E-state index contributed by atoms with van der Waals surface area (Å²) in [5.74, 6) is 3.68. The van der Waals surface area contributed by atoms with E-state index in [1.54, 1.807) is 14.2 Å². The van der Waals surface area contributed by atoms with E-state index in [1.165, 1.54) is 6.33 Å². The van der Waals surface area contributed by atoms with Gasteiger partial charge in [-0.15, -0.1) is 0 Å². The third-order valence-corrected chi connectivity index (χ3v) is 5.59. The molecule has 2 aromatic rings. The number of nitrogens with zero attached hydrogens (tertiary/aromatic N) is 3. The molecule has 1 aromatic carbocycles. The van der Waals surface area contributed by atoms with Crippen molar-refractivity contribution >= 4 is 5.82 Å². The number of benzene rings is 1. The molecular weight excluding hydrogens is 346 g/mol. The Labute approximate surface area is 158 Å². The van der Waals surface area contributed by atoms with Crippen LogP contribution in [0.5, 0.6) is 17.4 Å². The first-order valence-corrected chi connectivity index (χ1v) is 9.26. The molecule has 1 aliphatic heterocycles. The highest BCUT2D eigenvalue weighted by atomic mass is 16.5. The van der Waals surface area contributed by atoms with Gasteiger partial charge in [-0.2, -0.15) is 0 Å². The van der Waals surface area contributed by atoms with Gasteiger partial charge in [0.15, 0.2) is 11.5 Å². The maximum Gasteiger partial charge on any atom is 0.218 e. The normalized spacial score (nSPS) is 27.1. The summed E-state index contributed by atoms with van der Waals surface area (Å²) >= 11 is 0. The van der Waals surface area contributed by atoms with Gasteiger partial charge in [0.25, 0.3) is 0 Å². The Bertz CT molecular complexity index is 787. The number of ether oxygens (including phenoxy) is 3. The fraction of sp³-hybridized carbons (Fsp3) is 0.500. The lowest BCUT2D eigenvalue weighted by atomic mass is 9.78. The molecule has 0 amide bonds. The van der Waals surface area contributed by atoms with Gasteiger partial charge in [0.1, 0.15) is 18.2 Å². The van der Waals surface area contributed by atoms with Crippen molar-refractivity contribution in [3.05, 3.63) is 36.7 Å². The number of methoxy groups -OCH3 is 2. The second-order valence-electron chi connectivity index (χ2n) is 7.19. The molecule has 7 nitrogen and oxygen atoms in total. The first kappa shape index (κ1) is 17.9. The van der Waals surface area contributed by atoms with Crippen molar-refractivity contribution in [2.45, 2.75) is 25.0 Å². The van der Waals surface area contributed by atoms with Crippen LogP contribution in [0.4, 0.5) is 5.82 Å². The van der Waals surface area contributed by atoms with E-state index in [0.29, 0.717) is 29.2 Å². The number of hydrogen-bond donors (Lipinski definition) is 1. The third kappa shape index (κ3) is 3.64. The quantitative estimate of drug-likeness (QED) is 0.863. The number of rotatable bonds is 5. The smallest absolute Gasteiger partial charge is 0.218 e. The van der Waals surface area contributed by atoms with Crippen LogP contribution >= 0.6 is 0 Å². The molecule has 144 valence electrons. The van der Waals surface area contributed by atoms with Crippen LogP contribution in [0.15, 0.2) is 36.7 Å². The summed E-state index contributed by atoms with van der Waals surface area (Å²) < 4.78 is 16.7. The Morgan fingerprint density at radius 1 is 1.00 bits per heavy atom. The highest BCUT2D eigenvalue weighted by Gasteiger charge is 2.43. The molecule has 1 aliphatic carbocycles. The summed E-state index contributed by atoms with van der Waals surface area (Å²) in [7, 11) is 3.23. The molecule has 0 unspecified atom stereocenters. The van der Waals surface area contributed by atoms with Crippen LogP contribution in [0.1, 0.15) is 12.8 Å². The summed E-state index contributed by atoms with van der Waals surface area (Å²) in [6.07, 6.45) is 2.34. The van der Waals surface area contributed by atoms with Crippen molar-refractivity contribution in [1.29, 1.82) is 0 Å². The van der Waals surface area contributed by atoms with Crippen molar-refractivity contribution in [2.75, 3.05) is 32.2 Å². The number of para-hydroxylation sites is 2. The van der Waals surface area contributed by atoms with Crippen molar-refractivity contribution in [2.24, 2.45) is 11.8 Å². The van der Waals surface area contributed by atoms with Gasteiger partial charge in [-0.05, 0) is 36.8 Å². The van der Waals surface area contributed by atoms with Crippen LogP contribution in [-0.2, 0) is 0 Å². The Hall–Kier alpha value is -2.54. The van der Waals surface area contributed by atoms with Crippen LogP contribution in [-0.4, -0.2) is 54.6 Å². The van der Waals surface area contributed by atoms with Gasteiger partial charge in [-0.3, -0.25) is 0 Å². The molecule has 1 saturated carbocycles. The zero-order chi connectivity index (χ0) is 18.8. The van der Waals surface area contributed by atoms with Crippen LogP contribution < -0.4 is 19.1 Å². The van der Waals surface area contributed by atoms with Crippen LogP contribution in [0.2, 0.25) is 0 Å². The van der Waals surface area contributed by atoms with Crippen molar-refractivity contribution in [3.63, 3.8) is 0 Å². The molecule has 1 saturated heterocycles. The fourth-order valence-corrected chi connectivity index (χ4v) is 4.20. The van der Waals surface area contributed by atoms with Crippen molar-refractivity contribution in [1.82, 2.24) is 9.97 Å². The molecule has 27 heavy (non-hydrogen) atoms. The van der Waals surface area contributed by atoms with Gasteiger partial charge in [-0.25, -0.2) is 9.97 Å². The summed E-state index contributed by atoms with van der Waals surface area (Å²) in [6.45, 7) is 1.77. The molecular formula is C20H25N3O4. The summed E-state index contributed by atoms with van der Waals surface area (Å²) in [5.41, 5.74) is 0. The van der Waals surface area contributed by atoms with Gasteiger partial charge < -0.3 is 24.2 Å². The lowest BCUT2D eigenvalue weighted by Gasteiger charge is -2.35. The Kier molecular flexibility index (Phi) is 5.03. The molecule has 0 spiro atoms. The van der Waals surface area contributed by atoms with Crippen LogP contribution in [0.25, 0.3) is 0 Å². The first-order valence-electron chi connectivity index (χ1n) is 9.26. The van der Waals surface area contributed by atoms with E-state index < -0.39 is 6.10 Å². The molecule has 1 N–H and O–H groups in total. The van der Waals surface area contributed by atoms with Gasteiger partial charge in [0.05, 0.1) is 20.3 Å². The number of anilines is 1. The summed E-state index contributed by atoms with van der Waals surface area (Å²) in [6, 6.07) is 9.43. The zero-order valence-electron chi connectivity index (χ0n) is 15.6. The Balaban J connectivity index is 1.45. The Morgan fingerprint density at radius 2 is 1.74 bits per heavy atom. The summed E-state index contributed by atoms with van der Waals surface area (Å²) in [5, 5.41) is 10.6. The van der Waals surface area contributed by atoms with Gasteiger partial charge in [-0.1, -0.05) is 12.1 Å². The van der Waals surface area contributed by atoms with E-state index in [2.05, 4.69) is 14.9 Å². The number of fused-ring (bicyclic) bond motifs is 1. The number of aromatic nitrogens is 2. The minimum Gasteiger partial charge on any atom is -0.493 e. The number of aliphatic hydroxyl groups excluding tert-OH is 1. The van der Waals surface area contributed by atoms with E-state index in [4.69, 9.17) is 14.2 Å². The van der Waals surface area contributed by atoms with E-state index in [9.17, 15) is 5.11 Å². The standard InChI is InChI=1S/C20H25N3O4/c1-25-16-5-3-4-6-17(16)27-18-8-14-11-23(10-13(14)7-15(18)24)19-9-20(26-2)22-12-21-19/h3-6,9,12-15,18,24H,7-8,10-11H2,1-2H3/t13-,14+,15+,18+/m0/s1. The van der Waals surface area contributed by atoms with Gasteiger partial charge in [0.2, 0.25) is 5.88 Å². The second kappa shape index (κ2) is 7.60. The average Bonchev–Trinajstić information content (AvgIpc) is 3.11. The largest absolute Gasteiger partial charge is 0.493 e. The SMILES string of the molecule is COc1cc(N2C[C@H]3C[C@@H](Oc4ccccc4OC)[C@H](O)C[C@H]3C2)ncn1. The molecule has 2 aliphatic rings. The van der Waals surface area contributed by atoms with Crippen molar-refractivity contribution < 1.29 is 19.3 Å². The molecule has 7 heteroatoms. The predicted octanol–water partition coefficient (Wildman–Crippen LogP) is 2.15. The zero-order valence-corrected chi connectivity index (χ0v) is 15.6. The molecule has 0 bridgehead atoms. The van der Waals surface area contributed by atoms with Crippen LogP contribution in [0, 0.1) is 11.8 Å². The summed E-state index contributed by atoms with van der Waals surface area (Å²) in [4.78, 5) is 10.7.